The minimum atomic E-state index is 0.126. The first-order valence-corrected chi connectivity index (χ1v) is 8.23. The molecular weight excluding hydrogens is 246 g/mol. The maximum atomic E-state index is 12.3. The van der Waals surface area contributed by atoms with Gasteiger partial charge in [0, 0.05) is 29.9 Å². The quantitative estimate of drug-likeness (QED) is 0.759. The van der Waals surface area contributed by atoms with Gasteiger partial charge >= 0.3 is 0 Å². The molecule has 0 saturated heterocycles. The molecule has 2 aliphatic rings. The molecule has 1 heterocycles. The zero-order valence-electron chi connectivity index (χ0n) is 13.1. The maximum absolute atomic E-state index is 12.3. The van der Waals surface area contributed by atoms with Crippen molar-refractivity contribution in [1.29, 1.82) is 0 Å². The number of carbonyl (C=O) groups excluding carboxylic acids is 1. The Morgan fingerprint density at radius 1 is 1.20 bits per heavy atom. The van der Waals surface area contributed by atoms with E-state index in [-0.39, 0.29) is 5.41 Å². The van der Waals surface area contributed by atoms with Crippen molar-refractivity contribution in [2.75, 3.05) is 0 Å². The van der Waals surface area contributed by atoms with Crippen LogP contribution in [0.2, 0.25) is 0 Å². The Morgan fingerprint density at radius 3 is 2.55 bits per heavy atom. The molecule has 0 N–H and O–H groups in total. The Kier molecular flexibility index (Phi) is 3.51. The largest absolute Gasteiger partial charge is 0.348 e. The van der Waals surface area contributed by atoms with Gasteiger partial charge in [-0.25, -0.2) is 0 Å². The van der Waals surface area contributed by atoms with Gasteiger partial charge in [-0.1, -0.05) is 27.2 Å². The topological polar surface area (TPSA) is 22.0 Å². The highest BCUT2D eigenvalue weighted by molar-refractivity contribution is 5.98. The smallest absolute Gasteiger partial charge is 0.165 e. The van der Waals surface area contributed by atoms with Crippen LogP contribution in [0.25, 0.3) is 0 Å². The second kappa shape index (κ2) is 5.05. The van der Waals surface area contributed by atoms with Crippen molar-refractivity contribution in [2.24, 2.45) is 11.3 Å². The molecule has 20 heavy (non-hydrogen) atoms. The second-order valence-corrected chi connectivity index (χ2v) is 7.61. The molecule has 0 unspecified atom stereocenters. The molecule has 0 amide bonds. The average molecular weight is 273 g/mol. The van der Waals surface area contributed by atoms with E-state index >= 15 is 0 Å². The van der Waals surface area contributed by atoms with Gasteiger partial charge in [0.25, 0.3) is 0 Å². The van der Waals surface area contributed by atoms with Gasteiger partial charge in [-0.15, -0.1) is 0 Å². The highest BCUT2D eigenvalue weighted by Crippen LogP contribution is 2.40. The van der Waals surface area contributed by atoms with E-state index in [0.717, 1.165) is 17.9 Å². The minimum Gasteiger partial charge on any atom is -0.348 e. The number of fused-ring (bicyclic) bond motifs is 1. The number of aromatic nitrogens is 1. The van der Waals surface area contributed by atoms with E-state index in [2.05, 4.69) is 37.6 Å². The summed E-state index contributed by atoms with van der Waals surface area (Å²) in [6.07, 6.45) is 10.5. The van der Waals surface area contributed by atoms with Crippen LogP contribution in [0.15, 0.2) is 12.3 Å². The highest BCUT2D eigenvalue weighted by atomic mass is 16.1. The van der Waals surface area contributed by atoms with E-state index in [0.29, 0.717) is 18.2 Å². The van der Waals surface area contributed by atoms with E-state index in [9.17, 15) is 4.79 Å². The van der Waals surface area contributed by atoms with Crippen LogP contribution in [0.1, 0.15) is 81.4 Å². The van der Waals surface area contributed by atoms with Gasteiger partial charge in [-0.2, -0.15) is 0 Å². The Bertz CT molecular complexity index is 503. The molecule has 1 saturated carbocycles. The molecule has 2 aliphatic carbocycles. The highest BCUT2D eigenvalue weighted by Gasteiger charge is 2.34. The SMILES string of the molecule is CCC1CCC(n2ccc3c2CC(C)(C)CC3=O)CC1. The molecule has 110 valence electrons. The van der Waals surface area contributed by atoms with Crippen molar-refractivity contribution in [2.45, 2.75) is 71.8 Å². The van der Waals surface area contributed by atoms with Gasteiger partial charge in [0.15, 0.2) is 5.78 Å². The molecule has 3 rings (SSSR count). The normalized spacial score (nSPS) is 29.2. The van der Waals surface area contributed by atoms with Gasteiger partial charge in [-0.3, -0.25) is 4.79 Å². The van der Waals surface area contributed by atoms with Gasteiger partial charge < -0.3 is 4.57 Å². The third kappa shape index (κ3) is 2.45. The summed E-state index contributed by atoms with van der Waals surface area (Å²) in [6, 6.07) is 2.70. The molecule has 1 aromatic heterocycles. The number of hydrogen-bond acceptors (Lipinski definition) is 1. The van der Waals surface area contributed by atoms with Crippen molar-refractivity contribution in [3.63, 3.8) is 0 Å². The Morgan fingerprint density at radius 2 is 1.90 bits per heavy atom. The number of nitrogens with zero attached hydrogens (tertiary/aromatic N) is 1. The lowest BCUT2D eigenvalue weighted by molar-refractivity contribution is 0.0908. The minimum absolute atomic E-state index is 0.126. The number of Topliss-reactive ketones (excluding diaryl/α,β-unsaturated/α-hetero) is 1. The third-order valence-corrected chi connectivity index (χ3v) is 5.40. The standard InChI is InChI=1S/C18H27NO/c1-4-13-5-7-14(8-6-13)19-10-9-15-16(19)11-18(2,3)12-17(15)20/h9-10,13-14H,4-8,11-12H2,1-3H3. The number of rotatable bonds is 2. The van der Waals surface area contributed by atoms with Crippen LogP contribution in [0.3, 0.4) is 0 Å². The Labute approximate surface area is 122 Å². The van der Waals surface area contributed by atoms with Crippen LogP contribution in [0.4, 0.5) is 0 Å². The van der Waals surface area contributed by atoms with Crippen LogP contribution >= 0.6 is 0 Å². The third-order valence-electron chi connectivity index (χ3n) is 5.40. The lowest BCUT2D eigenvalue weighted by Crippen LogP contribution is -2.29. The zero-order chi connectivity index (χ0) is 14.3. The van der Waals surface area contributed by atoms with E-state index in [1.165, 1.54) is 37.8 Å². The predicted molar refractivity (Wildman–Crippen MR) is 82.2 cm³/mol. The van der Waals surface area contributed by atoms with Crippen LogP contribution in [0, 0.1) is 11.3 Å². The van der Waals surface area contributed by atoms with Gasteiger partial charge in [0.2, 0.25) is 0 Å². The van der Waals surface area contributed by atoms with Crippen molar-refractivity contribution in [3.05, 3.63) is 23.5 Å². The number of carbonyl (C=O) groups is 1. The first-order valence-electron chi connectivity index (χ1n) is 8.23. The zero-order valence-corrected chi connectivity index (χ0v) is 13.1. The molecule has 0 spiro atoms. The molecular formula is C18H27NO. The molecule has 1 fully saturated rings. The van der Waals surface area contributed by atoms with Gasteiger partial charge in [0.1, 0.15) is 0 Å². The summed E-state index contributed by atoms with van der Waals surface area (Å²) in [5.74, 6) is 1.27. The molecule has 0 bridgehead atoms. The summed E-state index contributed by atoms with van der Waals surface area (Å²) in [5.41, 5.74) is 2.44. The molecule has 2 nitrogen and oxygen atoms in total. The van der Waals surface area contributed by atoms with Crippen molar-refractivity contribution in [1.82, 2.24) is 4.57 Å². The Balaban J connectivity index is 1.84. The van der Waals surface area contributed by atoms with Crippen LogP contribution in [-0.4, -0.2) is 10.4 Å². The molecule has 0 aromatic carbocycles. The predicted octanol–water partition coefficient (Wildman–Crippen LogP) is 4.78. The lowest BCUT2D eigenvalue weighted by Gasteiger charge is -2.34. The van der Waals surface area contributed by atoms with E-state index in [4.69, 9.17) is 0 Å². The monoisotopic (exact) mass is 273 g/mol. The van der Waals surface area contributed by atoms with Crippen LogP contribution < -0.4 is 0 Å². The summed E-state index contributed by atoms with van der Waals surface area (Å²) in [6.45, 7) is 6.75. The summed E-state index contributed by atoms with van der Waals surface area (Å²) in [4.78, 5) is 12.3. The van der Waals surface area contributed by atoms with E-state index < -0.39 is 0 Å². The number of hydrogen-bond donors (Lipinski definition) is 0. The first-order chi connectivity index (χ1) is 9.50. The van der Waals surface area contributed by atoms with Crippen molar-refractivity contribution >= 4 is 5.78 Å². The van der Waals surface area contributed by atoms with Crippen molar-refractivity contribution < 1.29 is 4.79 Å². The fourth-order valence-corrected chi connectivity index (χ4v) is 4.14. The average Bonchev–Trinajstić information content (AvgIpc) is 2.81. The molecule has 0 atom stereocenters. The van der Waals surface area contributed by atoms with Crippen molar-refractivity contribution in [3.8, 4) is 0 Å². The fraction of sp³-hybridized carbons (Fsp3) is 0.722. The molecule has 0 radical (unpaired) electrons. The second-order valence-electron chi connectivity index (χ2n) is 7.61. The summed E-state index contributed by atoms with van der Waals surface area (Å²) < 4.78 is 2.44. The van der Waals surface area contributed by atoms with Crippen LogP contribution in [0.5, 0.6) is 0 Å². The molecule has 0 aliphatic heterocycles. The van der Waals surface area contributed by atoms with Crippen LogP contribution in [-0.2, 0) is 6.42 Å². The van der Waals surface area contributed by atoms with Gasteiger partial charge in [-0.05, 0) is 49.5 Å². The summed E-state index contributed by atoms with van der Waals surface area (Å²) >= 11 is 0. The molecule has 1 aromatic rings. The fourth-order valence-electron chi connectivity index (χ4n) is 4.14. The first kappa shape index (κ1) is 13.9. The van der Waals surface area contributed by atoms with E-state index in [1.54, 1.807) is 0 Å². The van der Waals surface area contributed by atoms with Gasteiger partial charge in [0.05, 0.1) is 0 Å². The number of ketones is 1. The Hall–Kier alpha value is -1.05. The summed E-state index contributed by atoms with van der Waals surface area (Å²) in [7, 11) is 0. The summed E-state index contributed by atoms with van der Waals surface area (Å²) in [5, 5.41) is 0. The van der Waals surface area contributed by atoms with E-state index in [1.807, 2.05) is 0 Å². The molecule has 2 heteroatoms. The lowest BCUT2D eigenvalue weighted by atomic mass is 9.76. The maximum Gasteiger partial charge on any atom is 0.165 e.